The lowest BCUT2D eigenvalue weighted by atomic mass is 9.99. The Morgan fingerprint density at radius 3 is 2.29 bits per heavy atom. The molecule has 3 aromatic carbocycles. The summed E-state index contributed by atoms with van der Waals surface area (Å²) >= 11 is 0. The molecule has 4 rings (SSSR count). The molecule has 0 radical (unpaired) electrons. The lowest BCUT2D eigenvalue weighted by molar-refractivity contribution is -0.384. The number of aliphatic imine (C=N–C) groups is 1. The van der Waals surface area contributed by atoms with Gasteiger partial charge in [0, 0.05) is 48.6 Å². The smallest absolute Gasteiger partial charge is 0.407 e. The van der Waals surface area contributed by atoms with Gasteiger partial charge in [-0.15, -0.1) is 0 Å². The highest BCUT2D eigenvalue weighted by atomic mass is 16.6. The highest BCUT2D eigenvalue weighted by Gasteiger charge is 2.21. The molecule has 218 valence electrons. The summed E-state index contributed by atoms with van der Waals surface area (Å²) in [7, 11) is 0. The molecule has 0 aliphatic heterocycles. The van der Waals surface area contributed by atoms with Crippen molar-refractivity contribution in [1.29, 1.82) is 0 Å². The maximum absolute atomic E-state index is 11.9. The number of nitrogens with one attached hydrogen (secondary N) is 3. The fourth-order valence-corrected chi connectivity index (χ4v) is 4.28. The van der Waals surface area contributed by atoms with Gasteiger partial charge in [0.1, 0.15) is 5.60 Å². The molecule has 11 heteroatoms. The molecular weight excluding hydrogens is 538 g/mol. The van der Waals surface area contributed by atoms with Gasteiger partial charge in [0.05, 0.1) is 21.9 Å². The number of nitro groups is 1. The van der Waals surface area contributed by atoms with Gasteiger partial charge in [-0.25, -0.2) is 9.79 Å². The Kier molecular flexibility index (Phi) is 8.90. The molecular formula is C31H33N5O6. The quantitative estimate of drug-likeness (QED) is 0.115. The van der Waals surface area contributed by atoms with Gasteiger partial charge in [-0.05, 0) is 56.5 Å². The van der Waals surface area contributed by atoms with Crippen LogP contribution in [0, 0.1) is 10.1 Å². The van der Waals surface area contributed by atoms with E-state index in [1.807, 2.05) is 48.5 Å². The average molecular weight is 572 g/mol. The van der Waals surface area contributed by atoms with Crippen molar-refractivity contribution < 1.29 is 24.4 Å². The van der Waals surface area contributed by atoms with Crippen LogP contribution in [0.2, 0.25) is 0 Å². The van der Waals surface area contributed by atoms with Gasteiger partial charge in [0.25, 0.3) is 5.69 Å². The van der Waals surface area contributed by atoms with Crippen molar-refractivity contribution in [1.82, 2.24) is 15.6 Å². The second-order valence-corrected chi connectivity index (χ2v) is 10.7. The number of rotatable bonds is 9. The second kappa shape index (κ2) is 12.5. The van der Waals surface area contributed by atoms with Crippen LogP contribution in [0.3, 0.4) is 0 Å². The van der Waals surface area contributed by atoms with Crippen LogP contribution in [0.4, 0.5) is 16.2 Å². The van der Waals surface area contributed by atoms with Gasteiger partial charge < -0.3 is 25.5 Å². The second-order valence-electron chi connectivity index (χ2n) is 10.7. The highest BCUT2D eigenvalue weighted by Crippen LogP contribution is 2.33. The van der Waals surface area contributed by atoms with Crippen molar-refractivity contribution in [3.63, 3.8) is 0 Å². The molecule has 0 spiro atoms. The standard InChI is InChI=1S/C31H33N5O6/c1-19(37)33-18-21-5-9-22(10-6-21)28(27-25-17-24(36(40)41)13-14-26(25)35-29(27)38)34-23-11-7-20(8-12-23)15-16-32-30(39)42-31(2,3)4/h5-14,17,35,38H,15-16,18H2,1-4H3,(H,32,39)(H,33,37). The Balaban J connectivity index is 1.66. The number of carbonyl (C=O) groups excluding carboxylic acids is 2. The molecule has 4 aromatic rings. The van der Waals surface area contributed by atoms with Gasteiger partial charge >= 0.3 is 6.09 Å². The van der Waals surface area contributed by atoms with Crippen molar-refractivity contribution in [2.75, 3.05) is 6.54 Å². The van der Waals surface area contributed by atoms with E-state index in [1.165, 1.54) is 19.1 Å². The van der Waals surface area contributed by atoms with Crippen LogP contribution < -0.4 is 10.6 Å². The molecule has 4 N–H and O–H groups in total. The van der Waals surface area contributed by atoms with Crippen molar-refractivity contribution in [3.05, 3.63) is 99.1 Å². The molecule has 0 saturated heterocycles. The van der Waals surface area contributed by atoms with Crippen molar-refractivity contribution in [2.45, 2.75) is 46.3 Å². The van der Waals surface area contributed by atoms with Gasteiger partial charge in [-0.2, -0.15) is 0 Å². The zero-order valence-corrected chi connectivity index (χ0v) is 23.9. The number of aromatic amines is 1. The summed E-state index contributed by atoms with van der Waals surface area (Å²) in [5, 5.41) is 28.4. The van der Waals surface area contributed by atoms with E-state index >= 15 is 0 Å². The number of hydrogen-bond acceptors (Lipinski definition) is 7. The number of nitrogens with zero attached hydrogens (tertiary/aromatic N) is 2. The van der Waals surface area contributed by atoms with Gasteiger partial charge in [0.15, 0.2) is 5.88 Å². The Labute approximate surface area is 242 Å². The highest BCUT2D eigenvalue weighted by molar-refractivity contribution is 6.22. The van der Waals surface area contributed by atoms with E-state index in [0.717, 1.165) is 11.1 Å². The number of aromatic nitrogens is 1. The van der Waals surface area contributed by atoms with E-state index in [4.69, 9.17) is 9.73 Å². The zero-order chi connectivity index (χ0) is 30.4. The molecule has 0 atom stereocenters. The zero-order valence-electron chi connectivity index (χ0n) is 23.9. The number of benzene rings is 3. The number of carbonyl (C=O) groups is 2. The number of non-ortho nitro benzene ring substituents is 1. The predicted molar refractivity (Wildman–Crippen MR) is 160 cm³/mol. The molecule has 0 aliphatic rings. The van der Waals surface area contributed by atoms with E-state index in [1.54, 1.807) is 26.8 Å². The van der Waals surface area contributed by atoms with Crippen molar-refractivity contribution >= 4 is 40.0 Å². The Bertz CT molecular complexity index is 1630. The molecule has 0 saturated carbocycles. The van der Waals surface area contributed by atoms with Crippen LogP contribution in [0.15, 0.2) is 71.7 Å². The Morgan fingerprint density at radius 1 is 1.00 bits per heavy atom. The number of ether oxygens (including phenoxy) is 1. The van der Waals surface area contributed by atoms with E-state index in [2.05, 4.69) is 15.6 Å². The minimum Gasteiger partial charge on any atom is -0.494 e. The summed E-state index contributed by atoms with van der Waals surface area (Å²) in [5.41, 5.74) is 3.67. The topological polar surface area (TPSA) is 159 Å². The molecule has 1 heterocycles. The number of aromatic hydroxyl groups is 1. The number of fused-ring (bicyclic) bond motifs is 1. The van der Waals surface area contributed by atoms with Crippen LogP contribution in [0.25, 0.3) is 10.9 Å². The summed E-state index contributed by atoms with van der Waals surface area (Å²) < 4.78 is 5.26. The van der Waals surface area contributed by atoms with Gasteiger partial charge in [0.2, 0.25) is 5.91 Å². The molecule has 11 nitrogen and oxygen atoms in total. The first-order valence-corrected chi connectivity index (χ1v) is 13.4. The maximum atomic E-state index is 11.9. The number of H-pyrrole nitrogens is 1. The summed E-state index contributed by atoms with van der Waals surface area (Å²) in [6, 6.07) is 19.1. The fourth-order valence-electron chi connectivity index (χ4n) is 4.28. The minimum atomic E-state index is -0.572. The number of alkyl carbamates (subject to hydrolysis) is 1. The summed E-state index contributed by atoms with van der Waals surface area (Å²) in [6.07, 6.45) is 0.105. The first-order valence-electron chi connectivity index (χ1n) is 13.4. The molecule has 1 aromatic heterocycles. The molecule has 2 amide bonds. The third-order valence-electron chi connectivity index (χ3n) is 6.24. The molecule has 0 aliphatic carbocycles. The monoisotopic (exact) mass is 571 g/mol. The summed E-state index contributed by atoms with van der Waals surface area (Å²) in [6.45, 7) is 7.61. The molecule has 0 fully saturated rings. The van der Waals surface area contributed by atoms with Crippen molar-refractivity contribution in [2.24, 2.45) is 4.99 Å². The largest absolute Gasteiger partial charge is 0.494 e. The first kappa shape index (κ1) is 29.8. The van der Waals surface area contributed by atoms with E-state index < -0.39 is 16.6 Å². The first-order chi connectivity index (χ1) is 19.9. The van der Waals surface area contributed by atoms with Crippen LogP contribution >= 0.6 is 0 Å². The van der Waals surface area contributed by atoms with Gasteiger partial charge in [-0.3, -0.25) is 14.9 Å². The summed E-state index contributed by atoms with van der Waals surface area (Å²) in [5.74, 6) is -0.313. The van der Waals surface area contributed by atoms with E-state index in [9.17, 15) is 24.8 Å². The maximum Gasteiger partial charge on any atom is 0.407 e. The number of hydrogen-bond donors (Lipinski definition) is 4. The van der Waals surface area contributed by atoms with Crippen LogP contribution in [-0.4, -0.2) is 44.9 Å². The number of amides is 2. The Hall–Kier alpha value is -5.19. The normalized spacial score (nSPS) is 11.8. The Morgan fingerprint density at radius 2 is 1.67 bits per heavy atom. The average Bonchev–Trinajstić information content (AvgIpc) is 3.25. The third-order valence-corrected chi connectivity index (χ3v) is 6.24. The number of nitro benzene ring substituents is 1. The lowest BCUT2D eigenvalue weighted by Gasteiger charge is -2.19. The molecule has 0 unspecified atom stereocenters. The van der Waals surface area contributed by atoms with E-state index in [0.29, 0.717) is 52.9 Å². The predicted octanol–water partition coefficient (Wildman–Crippen LogP) is 5.65. The minimum absolute atomic E-state index is 0.114. The van der Waals surface area contributed by atoms with Gasteiger partial charge in [-0.1, -0.05) is 36.4 Å². The lowest BCUT2D eigenvalue weighted by Crippen LogP contribution is -2.33. The summed E-state index contributed by atoms with van der Waals surface area (Å²) in [4.78, 5) is 42.0. The molecule has 0 bridgehead atoms. The van der Waals surface area contributed by atoms with Crippen LogP contribution in [0.5, 0.6) is 5.88 Å². The fraction of sp³-hybridized carbons (Fsp3) is 0.258. The van der Waals surface area contributed by atoms with Crippen LogP contribution in [-0.2, 0) is 22.5 Å². The van der Waals surface area contributed by atoms with Crippen LogP contribution in [0.1, 0.15) is 49.9 Å². The molecule has 42 heavy (non-hydrogen) atoms. The SMILES string of the molecule is CC(=O)NCc1ccc(C(=Nc2ccc(CCNC(=O)OC(C)(C)C)cc2)c2c(O)[nH]c3ccc([N+](=O)[O-])cc23)cc1. The third kappa shape index (κ3) is 7.72. The van der Waals surface area contributed by atoms with Crippen molar-refractivity contribution in [3.8, 4) is 5.88 Å². The van der Waals surface area contributed by atoms with E-state index in [-0.39, 0.29) is 17.5 Å².